The molecule has 0 saturated heterocycles. The lowest BCUT2D eigenvalue weighted by Crippen LogP contribution is -2.11. The summed E-state index contributed by atoms with van der Waals surface area (Å²) in [7, 11) is 0. The molecule has 0 saturated carbocycles. The summed E-state index contributed by atoms with van der Waals surface area (Å²) in [5.41, 5.74) is 0.339. The number of hydrogen-bond donors (Lipinski definition) is 0. The van der Waals surface area contributed by atoms with Crippen LogP contribution in [-0.2, 0) is 19.4 Å². The van der Waals surface area contributed by atoms with E-state index in [4.69, 9.17) is 0 Å². The molecule has 0 rings (SSSR count). The molecule has 0 bridgehead atoms. The van der Waals surface area contributed by atoms with Crippen molar-refractivity contribution in [1.82, 2.24) is 0 Å². The van der Waals surface area contributed by atoms with Crippen molar-refractivity contribution < 1.29 is 19.4 Å². The van der Waals surface area contributed by atoms with Gasteiger partial charge in [-0.05, 0) is 24.7 Å². The summed E-state index contributed by atoms with van der Waals surface area (Å²) in [6.45, 7) is 8.84. The van der Waals surface area contributed by atoms with Gasteiger partial charge >= 0.3 is 11.9 Å². The standard InChI is InChI=1S/C20H38O4/c1-5-6-7-8-9-10-12-15-18(21)23-24-19(22)16-13-11-14-17-20(2,3)4/h5-17H2,1-4H3. The molecule has 4 nitrogen and oxygen atoms in total. The van der Waals surface area contributed by atoms with Crippen molar-refractivity contribution in [3.05, 3.63) is 0 Å². The minimum Gasteiger partial charge on any atom is -0.247 e. The molecular weight excluding hydrogens is 304 g/mol. The monoisotopic (exact) mass is 342 g/mol. The number of carbonyl (C=O) groups excluding carboxylic acids is 2. The van der Waals surface area contributed by atoms with Crippen molar-refractivity contribution in [3.63, 3.8) is 0 Å². The molecule has 0 aromatic carbocycles. The van der Waals surface area contributed by atoms with E-state index in [9.17, 15) is 9.59 Å². The predicted molar refractivity (Wildman–Crippen MR) is 97.3 cm³/mol. The summed E-state index contributed by atoms with van der Waals surface area (Å²) >= 11 is 0. The molecule has 0 amide bonds. The molecule has 0 aliphatic rings. The number of unbranched alkanes of at least 4 members (excludes halogenated alkanes) is 8. The van der Waals surface area contributed by atoms with Gasteiger partial charge in [-0.2, -0.15) is 0 Å². The van der Waals surface area contributed by atoms with Crippen LogP contribution in [0.2, 0.25) is 0 Å². The van der Waals surface area contributed by atoms with E-state index in [0.29, 0.717) is 18.3 Å². The highest BCUT2D eigenvalue weighted by molar-refractivity contribution is 5.72. The van der Waals surface area contributed by atoms with Crippen LogP contribution in [0.25, 0.3) is 0 Å². The fourth-order valence-corrected chi connectivity index (χ4v) is 2.50. The topological polar surface area (TPSA) is 52.6 Å². The van der Waals surface area contributed by atoms with E-state index in [1.165, 1.54) is 25.7 Å². The molecule has 0 aromatic heterocycles. The van der Waals surface area contributed by atoms with Crippen LogP contribution in [0.5, 0.6) is 0 Å². The molecule has 142 valence electrons. The van der Waals surface area contributed by atoms with Crippen LogP contribution < -0.4 is 0 Å². The lowest BCUT2D eigenvalue weighted by Gasteiger charge is -2.17. The third-order valence-corrected chi connectivity index (χ3v) is 4.02. The fraction of sp³-hybridized carbons (Fsp3) is 0.900. The van der Waals surface area contributed by atoms with E-state index in [-0.39, 0.29) is 0 Å². The van der Waals surface area contributed by atoms with Gasteiger partial charge in [0, 0.05) is 0 Å². The van der Waals surface area contributed by atoms with Gasteiger partial charge in [0.25, 0.3) is 0 Å². The zero-order valence-corrected chi connectivity index (χ0v) is 16.3. The van der Waals surface area contributed by atoms with Crippen molar-refractivity contribution in [1.29, 1.82) is 0 Å². The van der Waals surface area contributed by atoms with Gasteiger partial charge in [-0.15, -0.1) is 0 Å². The fourth-order valence-electron chi connectivity index (χ4n) is 2.50. The molecule has 0 aliphatic carbocycles. The molecule has 0 aromatic rings. The lowest BCUT2D eigenvalue weighted by atomic mass is 9.89. The van der Waals surface area contributed by atoms with Crippen LogP contribution in [0.15, 0.2) is 0 Å². The Hall–Kier alpha value is -1.06. The Morgan fingerprint density at radius 1 is 0.667 bits per heavy atom. The molecule has 0 radical (unpaired) electrons. The largest absolute Gasteiger partial charge is 0.355 e. The van der Waals surface area contributed by atoms with Crippen LogP contribution >= 0.6 is 0 Å². The zero-order chi connectivity index (χ0) is 18.3. The quantitative estimate of drug-likeness (QED) is 0.230. The van der Waals surface area contributed by atoms with Gasteiger partial charge in [0.2, 0.25) is 0 Å². The smallest absolute Gasteiger partial charge is 0.247 e. The first kappa shape index (κ1) is 22.9. The second-order valence-electron chi connectivity index (χ2n) is 7.90. The second kappa shape index (κ2) is 14.3. The molecule has 24 heavy (non-hydrogen) atoms. The average Bonchev–Trinajstić information content (AvgIpc) is 2.50. The van der Waals surface area contributed by atoms with Crippen molar-refractivity contribution >= 4 is 11.9 Å². The number of rotatable bonds is 13. The van der Waals surface area contributed by atoms with Crippen LogP contribution in [-0.4, -0.2) is 11.9 Å². The Bertz CT molecular complexity index is 331. The molecule has 0 atom stereocenters. The first-order valence-electron chi connectivity index (χ1n) is 9.75. The lowest BCUT2D eigenvalue weighted by molar-refractivity contribution is -0.259. The van der Waals surface area contributed by atoms with Crippen LogP contribution in [0.1, 0.15) is 111 Å². The second-order valence-corrected chi connectivity index (χ2v) is 7.90. The summed E-state index contributed by atoms with van der Waals surface area (Å²) in [6.07, 6.45) is 12.7. The maximum Gasteiger partial charge on any atom is 0.355 e. The summed E-state index contributed by atoms with van der Waals surface area (Å²) in [5.74, 6) is -0.886. The third kappa shape index (κ3) is 17.3. The van der Waals surface area contributed by atoms with E-state index >= 15 is 0 Å². The van der Waals surface area contributed by atoms with E-state index in [1.54, 1.807) is 0 Å². The van der Waals surface area contributed by atoms with Crippen LogP contribution in [0.3, 0.4) is 0 Å². The summed E-state index contributed by atoms with van der Waals surface area (Å²) < 4.78 is 0. The van der Waals surface area contributed by atoms with E-state index in [1.807, 2.05) is 0 Å². The molecule has 0 aliphatic heterocycles. The Balaban J connectivity index is 3.43. The Morgan fingerprint density at radius 3 is 1.54 bits per heavy atom. The van der Waals surface area contributed by atoms with Gasteiger partial charge in [-0.1, -0.05) is 79.1 Å². The maximum absolute atomic E-state index is 11.5. The highest BCUT2D eigenvalue weighted by atomic mass is 17.2. The van der Waals surface area contributed by atoms with Crippen molar-refractivity contribution in [2.24, 2.45) is 5.41 Å². The summed E-state index contributed by atoms with van der Waals surface area (Å²) in [5, 5.41) is 0. The minimum absolute atomic E-state index is 0.314. The molecule has 4 heteroatoms. The van der Waals surface area contributed by atoms with Crippen molar-refractivity contribution in [2.75, 3.05) is 0 Å². The highest BCUT2D eigenvalue weighted by Crippen LogP contribution is 2.22. The van der Waals surface area contributed by atoms with Gasteiger partial charge in [-0.25, -0.2) is 19.4 Å². The van der Waals surface area contributed by atoms with E-state index in [0.717, 1.165) is 44.9 Å². The van der Waals surface area contributed by atoms with Crippen LogP contribution in [0, 0.1) is 5.41 Å². The van der Waals surface area contributed by atoms with Crippen molar-refractivity contribution in [2.45, 2.75) is 111 Å². The molecule has 0 N–H and O–H groups in total. The summed E-state index contributed by atoms with van der Waals surface area (Å²) in [4.78, 5) is 32.1. The first-order chi connectivity index (χ1) is 11.3. The third-order valence-electron chi connectivity index (χ3n) is 4.02. The average molecular weight is 343 g/mol. The molecule has 0 spiro atoms. The highest BCUT2D eigenvalue weighted by Gasteiger charge is 2.11. The van der Waals surface area contributed by atoms with Crippen molar-refractivity contribution in [3.8, 4) is 0 Å². The zero-order valence-electron chi connectivity index (χ0n) is 16.3. The first-order valence-corrected chi connectivity index (χ1v) is 9.75. The van der Waals surface area contributed by atoms with Gasteiger partial charge in [-0.3, -0.25) is 0 Å². The molecular formula is C20H38O4. The SMILES string of the molecule is CCCCCCCCCC(=O)OOC(=O)CCCCCC(C)(C)C. The Labute approximate surface area is 148 Å². The van der Waals surface area contributed by atoms with Crippen LogP contribution in [0.4, 0.5) is 0 Å². The number of hydrogen-bond acceptors (Lipinski definition) is 4. The Morgan fingerprint density at radius 2 is 1.08 bits per heavy atom. The van der Waals surface area contributed by atoms with Gasteiger partial charge in [0.1, 0.15) is 0 Å². The summed E-state index contributed by atoms with van der Waals surface area (Å²) in [6, 6.07) is 0. The maximum atomic E-state index is 11.5. The molecule has 0 unspecified atom stereocenters. The predicted octanol–water partition coefficient (Wildman–Crippen LogP) is 6.13. The van der Waals surface area contributed by atoms with Gasteiger partial charge in [0.15, 0.2) is 0 Å². The Kier molecular flexibility index (Phi) is 13.7. The normalized spacial score (nSPS) is 11.3. The number of carbonyl (C=O) groups is 2. The van der Waals surface area contributed by atoms with Gasteiger partial charge in [0.05, 0.1) is 12.8 Å². The van der Waals surface area contributed by atoms with E-state index < -0.39 is 11.9 Å². The van der Waals surface area contributed by atoms with Gasteiger partial charge < -0.3 is 0 Å². The minimum atomic E-state index is -0.446. The molecule has 0 heterocycles. The van der Waals surface area contributed by atoms with E-state index in [2.05, 4.69) is 37.5 Å². The molecule has 0 fully saturated rings.